The monoisotopic (exact) mass is 540 g/mol. The van der Waals surface area contributed by atoms with Crippen molar-refractivity contribution >= 4 is 11.1 Å². The minimum atomic E-state index is -0.260. The predicted molar refractivity (Wildman–Crippen MR) is 171 cm³/mol. The van der Waals surface area contributed by atoms with Crippen LogP contribution in [0.2, 0.25) is 0 Å². The van der Waals surface area contributed by atoms with Gasteiger partial charge in [0.1, 0.15) is 17.2 Å². The van der Waals surface area contributed by atoms with Crippen molar-refractivity contribution in [2.24, 2.45) is 0 Å². The summed E-state index contributed by atoms with van der Waals surface area (Å²) in [5, 5.41) is 32.5. The van der Waals surface area contributed by atoms with Gasteiger partial charge < -0.3 is 15.3 Å². The Bertz CT molecular complexity index is 1430. The number of aryl methyl sites for hydroxylation is 3. The quantitative estimate of drug-likeness (QED) is 0.289. The van der Waals surface area contributed by atoms with Gasteiger partial charge in [-0.1, -0.05) is 68.9 Å². The minimum absolute atomic E-state index is 0.232. The number of hydrogen-bond donors (Lipinski definition) is 3. The zero-order valence-corrected chi connectivity index (χ0v) is 26.6. The van der Waals surface area contributed by atoms with Crippen molar-refractivity contribution in [1.29, 1.82) is 0 Å². The highest BCUT2D eigenvalue weighted by molar-refractivity contribution is 5.93. The lowest BCUT2D eigenvalue weighted by molar-refractivity contribution is 0.445. The summed E-state index contributed by atoms with van der Waals surface area (Å²) in [6, 6.07) is 11.7. The average molecular weight is 541 g/mol. The minimum Gasteiger partial charge on any atom is -0.508 e. The van der Waals surface area contributed by atoms with E-state index in [2.05, 4.69) is 93.2 Å². The molecule has 0 fully saturated rings. The normalized spacial score (nSPS) is 12.4. The van der Waals surface area contributed by atoms with Gasteiger partial charge in [-0.3, -0.25) is 0 Å². The molecule has 3 aromatic carbocycles. The molecule has 3 heteroatoms. The average Bonchev–Trinajstić information content (AvgIpc) is 2.75. The van der Waals surface area contributed by atoms with Gasteiger partial charge in [-0.15, -0.1) is 0 Å². The number of phenols is 3. The largest absolute Gasteiger partial charge is 0.508 e. The van der Waals surface area contributed by atoms with Crippen molar-refractivity contribution in [3.8, 4) is 17.2 Å². The van der Waals surface area contributed by atoms with Gasteiger partial charge in [-0.25, -0.2) is 0 Å². The van der Waals surface area contributed by atoms with Crippen LogP contribution in [0.15, 0.2) is 49.1 Å². The van der Waals surface area contributed by atoms with Gasteiger partial charge in [0, 0.05) is 0 Å². The van der Waals surface area contributed by atoms with Crippen LogP contribution in [0.1, 0.15) is 112 Å². The molecular formula is C37H48O3. The maximum atomic E-state index is 10.9. The molecule has 214 valence electrons. The molecule has 0 saturated carbocycles. The Hall–Kier alpha value is -3.46. The van der Waals surface area contributed by atoms with Gasteiger partial charge in [0.25, 0.3) is 0 Å². The molecule has 0 radical (unpaired) electrons. The molecular weight excluding hydrogens is 492 g/mol. The maximum Gasteiger partial charge on any atom is 0.119 e. The van der Waals surface area contributed by atoms with E-state index < -0.39 is 0 Å². The van der Waals surface area contributed by atoms with E-state index >= 15 is 0 Å². The summed E-state index contributed by atoms with van der Waals surface area (Å²) in [4.78, 5) is 0. The van der Waals surface area contributed by atoms with Crippen LogP contribution in [0.25, 0.3) is 11.1 Å². The summed E-state index contributed by atoms with van der Waals surface area (Å²) in [5.74, 6) is 0.863. The highest BCUT2D eigenvalue weighted by atomic mass is 16.3. The summed E-state index contributed by atoms with van der Waals surface area (Å²) in [6.45, 7) is 29.4. The van der Waals surface area contributed by atoms with Gasteiger partial charge in [-0.05, 0) is 141 Å². The van der Waals surface area contributed by atoms with E-state index in [9.17, 15) is 15.3 Å². The molecule has 0 aliphatic rings. The molecule has 0 spiro atoms. The van der Waals surface area contributed by atoms with Crippen LogP contribution in [0.3, 0.4) is 0 Å². The Balaban J connectivity index is 2.43. The molecule has 0 aliphatic heterocycles. The van der Waals surface area contributed by atoms with E-state index in [4.69, 9.17) is 0 Å². The van der Waals surface area contributed by atoms with Crippen LogP contribution >= 0.6 is 0 Å². The molecule has 0 heterocycles. The number of phenolic OH excluding ortho intramolecular Hbond substituents is 3. The molecule has 0 saturated heterocycles. The van der Waals surface area contributed by atoms with E-state index in [0.717, 1.165) is 61.2 Å². The molecule has 0 atom stereocenters. The van der Waals surface area contributed by atoms with E-state index in [-0.39, 0.29) is 27.7 Å². The third-order valence-electron chi connectivity index (χ3n) is 7.70. The lowest BCUT2D eigenvalue weighted by Crippen LogP contribution is -2.14. The number of hydrogen-bond acceptors (Lipinski definition) is 3. The first-order valence-corrected chi connectivity index (χ1v) is 14.1. The van der Waals surface area contributed by atoms with Crippen molar-refractivity contribution in [1.82, 2.24) is 0 Å². The highest BCUT2D eigenvalue weighted by Crippen LogP contribution is 2.42. The molecule has 0 unspecified atom stereocenters. The molecule has 0 aromatic heterocycles. The summed E-state index contributed by atoms with van der Waals surface area (Å²) in [6.07, 6.45) is 2.11. The molecule has 40 heavy (non-hydrogen) atoms. The zero-order chi connectivity index (χ0) is 30.5. The lowest BCUT2D eigenvalue weighted by Gasteiger charge is -2.26. The molecule has 0 bridgehead atoms. The van der Waals surface area contributed by atoms with Crippen molar-refractivity contribution < 1.29 is 15.3 Å². The maximum absolute atomic E-state index is 10.9. The fraction of sp³-hybridized carbons (Fsp3) is 0.405. The van der Waals surface area contributed by atoms with Crippen LogP contribution in [-0.4, -0.2) is 15.3 Å². The third kappa shape index (κ3) is 6.30. The van der Waals surface area contributed by atoms with Crippen LogP contribution < -0.4 is 0 Å². The second kappa shape index (κ2) is 10.5. The summed E-state index contributed by atoms with van der Waals surface area (Å²) in [7, 11) is 0. The van der Waals surface area contributed by atoms with Crippen molar-refractivity contribution in [2.75, 3.05) is 0 Å². The van der Waals surface area contributed by atoms with Crippen LogP contribution in [-0.2, 0) is 16.2 Å². The fourth-order valence-electron chi connectivity index (χ4n) is 5.36. The first-order valence-electron chi connectivity index (χ1n) is 14.1. The SMILES string of the molecule is C=C(C=C(c1cc(C(C)(C)C)c(O)cc1C)c1cc(C(C)(C)C)c(O)cc1C)c1cc(C(C)(C)C)c(O)cc1C. The van der Waals surface area contributed by atoms with E-state index in [1.807, 2.05) is 39.0 Å². The molecule has 3 rings (SSSR count). The van der Waals surface area contributed by atoms with Crippen LogP contribution in [0, 0.1) is 20.8 Å². The second-order valence-electron chi connectivity index (χ2n) is 14.4. The van der Waals surface area contributed by atoms with Gasteiger partial charge in [0.2, 0.25) is 0 Å². The second-order valence-corrected chi connectivity index (χ2v) is 14.4. The molecule has 3 N–H and O–H groups in total. The summed E-state index contributed by atoms with van der Waals surface area (Å²) < 4.78 is 0. The van der Waals surface area contributed by atoms with Crippen molar-refractivity contribution in [2.45, 2.75) is 99.3 Å². The lowest BCUT2D eigenvalue weighted by atomic mass is 9.79. The van der Waals surface area contributed by atoms with E-state index in [1.54, 1.807) is 0 Å². The standard InChI is InChI=1S/C37H48O3/c1-21(25-18-29(35(5,6)7)32(38)15-22(25)2)14-28(26-19-30(36(8,9)10)33(39)16-23(26)3)27-20-31(37(11,12)13)34(40)17-24(27)4/h14-20,38-40H,1H2,2-13H3. The van der Waals surface area contributed by atoms with E-state index in [0.29, 0.717) is 5.75 Å². The van der Waals surface area contributed by atoms with Gasteiger partial charge in [-0.2, -0.15) is 0 Å². The first kappa shape index (κ1) is 31.1. The van der Waals surface area contributed by atoms with Crippen LogP contribution in [0.5, 0.6) is 17.2 Å². The molecule has 0 amide bonds. The topological polar surface area (TPSA) is 60.7 Å². The Morgan fingerprint density at radius 2 is 0.800 bits per heavy atom. The van der Waals surface area contributed by atoms with Crippen LogP contribution in [0.4, 0.5) is 0 Å². The first-order chi connectivity index (χ1) is 18.1. The highest BCUT2D eigenvalue weighted by Gasteiger charge is 2.25. The summed E-state index contributed by atoms with van der Waals surface area (Å²) >= 11 is 0. The van der Waals surface area contributed by atoms with E-state index in [1.165, 1.54) is 0 Å². The number of allylic oxidation sites excluding steroid dienone is 2. The summed E-state index contributed by atoms with van der Waals surface area (Å²) in [5.41, 5.74) is 9.49. The third-order valence-corrected chi connectivity index (χ3v) is 7.70. The zero-order valence-electron chi connectivity index (χ0n) is 26.6. The van der Waals surface area contributed by atoms with Gasteiger partial charge in [0.05, 0.1) is 0 Å². The fourth-order valence-corrected chi connectivity index (χ4v) is 5.36. The molecule has 0 aliphatic carbocycles. The smallest absolute Gasteiger partial charge is 0.119 e. The van der Waals surface area contributed by atoms with Gasteiger partial charge in [0.15, 0.2) is 0 Å². The molecule has 3 aromatic rings. The Labute approximate surface area is 241 Å². The number of aromatic hydroxyl groups is 3. The Morgan fingerprint density at radius 3 is 1.10 bits per heavy atom. The number of benzene rings is 3. The molecule has 3 nitrogen and oxygen atoms in total. The Morgan fingerprint density at radius 1 is 0.525 bits per heavy atom. The Kier molecular flexibility index (Phi) is 8.16. The van der Waals surface area contributed by atoms with Crippen molar-refractivity contribution in [3.63, 3.8) is 0 Å². The van der Waals surface area contributed by atoms with Crippen molar-refractivity contribution in [3.05, 3.63) is 99.1 Å². The van der Waals surface area contributed by atoms with Gasteiger partial charge >= 0.3 is 0 Å². The number of rotatable bonds is 4. The predicted octanol–water partition coefficient (Wildman–Crippen LogP) is 9.77.